The lowest BCUT2D eigenvalue weighted by molar-refractivity contribution is -0.139. The van der Waals surface area contributed by atoms with Crippen molar-refractivity contribution in [2.24, 2.45) is 5.73 Å². The first-order valence-corrected chi connectivity index (χ1v) is 5.58. The highest BCUT2D eigenvalue weighted by Crippen LogP contribution is 2.16. The lowest BCUT2D eigenvalue weighted by atomic mass is 9.90. The standard InChI is InChI=1S/C13H16N2O4/c1-8(16)13(14,9(2)17)12(18)15-10-4-6-11(19-3)7-5-10/h4-7H,14H2,1-3H3,(H,15,18). The molecule has 0 unspecified atom stereocenters. The monoisotopic (exact) mass is 264 g/mol. The normalized spacial score (nSPS) is 10.7. The van der Waals surface area contributed by atoms with E-state index >= 15 is 0 Å². The zero-order valence-electron chi connectivity index (χ0n) is 11.0. The van der Waals surface area contributed by atoms with Crippen molar-refractivity contribution < 1.29 is 19.1 Å². The highest BCUT2D eigenvalue weighted by molar-refractivity contribution is 6.30. The number of nitrogens with one attached hydrogen (secondary N) is 1. The number of ether oxygens (including phenoxy) is 1. The lowest BCUT2D eigenvalue weighted by Gasteiger charge is -2.22. The second-order valence-electron chi connectivity index (χ2n) is 4.10. The van der Waals surface area contributed by atoms with Gasteiger partial charge >= 0.3 is 0 Å². The molecule has 1 aromatic carbocycles. The van der Waals surface area contributed by atoms with Gasteiger partial charge in [-0.05, 0) is 38.1 Å². The van der Waals surface area contributed by atoms with Gasteiger partial charge in [0.05, 0.1) is 7.11 Å². The maximum absolute atomic E-state index is 12.0. The van der Waals surface area contributed by atoms with Crippen LogP contribution in [0.1, 0.15) is 13.8 Å². The molecule has 0 heterocycles. The number of benzene rings is 1. The fourth-order valence-electron chi connectivity index (χ4n) is 1.47. The van der Waals surface area contributed by atoms with Crippen molar-refractivity contribution in [1.82, 2.24) is 0 Å². The molecule has 0 atom stereocenters. The molecule has 1 amide bonds. The van der Waals surface area contributed by atoms with Gasteiger partial charge in [0.25, 0.3) is 5.91 Å². The van der Waals surface area contributed by atoms with E-state index in [2.05, 4.69) is 5.32 Å². The predicted molar refractivity (Wildman–Crippen MR) is 69.9 cm³/mol. The van der Waals surface area contributed by atoms with Crippen molar-refractivity contribution in [3.8, 4) is 5.75 Å². The second kappa shape index (κ2) is 5.62. The number of carbonyl (C=O) groups is 3. The number of methoxy groups -OCH3 is 1. The van der Waals surface area contributed by atoms with Crippen LogP contribution in [0.4, 0.5) is 5.69 Å². The Kier molecular flexibility index (Phi) is 4.39. The minimum Gasteiger partial charge on any atom is -0.497 e. The molecular formula is C13H16N2O4. The number of Topliss-reactive ketones (excluding diaryl/α,β-unsaturated/α-hetero) is 2. The van der Waals surface area contributed by atoms with Crippen LogP contribution in [-0.2, 0) is 14.4 Å². The Labute approximate surface area is 110 Å². The molecule has 19 heavy (non-hydrogen) atoms. The van der Waals surface area contributed by atoms with Crippen LogP contribution in [0.3, 0.4) is 0 Å². The van der Waals surface area contributed by atoms with Gasteiger partial charge in [0.1, 0.15) is 5.75 Å². The fourth-order valence-corrected chi connectivity index (χ4v) is 1.47. The third-order valence-corrected chi connectivity index (χ3v) is 2.82. The molecule has 3 N–H and O–H groups in total. The van der Waals surface area contributed by atoms with Gasteiger partial charge in [-0.25, -0.2) is 0 Å². The summed E-state index contributed by atoms with van der Waals surface area (Å²) >= 11 is 0. The molecule has 0 bridgehead atoms. The number of ketones is 2. The predicted octanol–water partition coefficient (Wildman–Crippen LogP) is 0.509. The van der Waals surface area contributed by atoms with Gasteiger partial charge in [-0.1, -0.05) is 0 Å². The summed E-state index contributed by atoms with van der Waals surface area (Å²) in [5.41, 5.74) is 3.86. The van der Waals surface area contributed by atoms with E-state index in [9.17, 15) is 14.4 Å². The summed E-state index contributed by atoms with van der Waals surface area (Å²) < 4.78 is 4.97. The quantitative estimate of drug-likeness (QED) is 0.755. The third-order valence-electron chi connectivity index (χ3n) is 2.82. The molecule has 1 rings (SSSR count). The molecule has 0 saturated carbocycles. The maximum Gasteiger partial charge on any atom is 0.259 e. The van der Waals surface area contributed by atoms with Crippen LogP contribution < -0.4 is 15.8 Å². The Balaban J connectivity index is 2.94. The molecule has 0 fully saturated rings. The van der Waals surface area contributed by atoms with Crippen molar-refractivity contribution in [1.29, 1.82) is 0 Å². The van der Waals surface area contributed by atoms with E-state index in [0.717, 1.165) is 13.8 Å². The van der Waals surface area contributed by atoms with Crippen molar-refractivity contribution in [2.45, 2.75) is 19.4 Å². The fraction of sp³-hybridized carbons (Fsp3) is 0.308. The van der Waals surface area contributed by atoms with E-state index in [0.29, 0.717) is 11.4 Å². The molecule has 1 aromatic rings. The number of hydrogen-bond donors (Lipinski definition) is 2. The van der Waals surface area contributed by atoms with Gasteiger partial charge in [0.2, 0.25) is 5.54 Å². The van der Waals surface area contributed by atoms with E-state index < -0.39 is 23.0 Å². The van der Waals surface area contributed by atoms with Gasteiger partial charge in [0.15, 0.2) is 11.6 Å². The van der Waals surface area contributed by atoms with Gasteiger partial charge in [-0.3, -0.25) is 14.4 Å². The summed E-state index contributed by atoms with van der Waals surface area (Å²) in [6, 6.07) is 6.43. The minimum absolute atomic E-state index is 0.420. The molecule has 0 aliphatic rings. The first kappa shape index (κ1) is 14.8. The summed E-state index contributed by atoms with van der Waals surface area (Å²) in [7, 11) is 1.52. The SMILES string of the molecule is COc1ccc(NC(=O)C(N)(C(C)=O)C(C)=O)cc1. The number of carbonyl (C=O) groups excluding carboxylic acids is 3. The number of amides is 1. The van der Waals surface area contributed by atoms with Gasteiger partial charge in [-0.2, -0.15) is 0 Å². The molecule has 0 radical (unpaired) electrons. The van der Waals surface area contributed by atoms with Gasteiger partial charge in [0, 0.05) is 5.69 Å². The molecule has 0 spiro atoms. The largest absolute Gasteiger partial charge is 0.497 e. The molecule has 6 heteroatoms. The number of anilines is 1. The third kappa shape index (κ3) is 2.97. The zero-order valence-corrected chi connectivity index (χ0v) is 11.0. The van der Waals surface area contributed by atoms with Gasteiger partial charge < -0.3 is 15.8 Å². The average molecular weight is 264 g/mol. The summed E-state index contributed by atoms with van der Waals surface area (Å²) in [6.07, 6.45) is 0. The van der Waals surface area contributed by atoms with E-state index in [-0.39, 0.29) is 0 Å². The molecule has 102 valence electrons. The summed E-state index contributed by atoms with van der Waals surface area (Å²) in [6.45, 7) is 2.21. The lowest BCUT2D eigenvalue weighted by Crippen LogP contribution is -2.61. The Morgan fingerprint density at radius 3 is 1.95 bits per heavy atom. The smallest absolute Gasteiger partial charge is 0.259 e. The van der Waals surface area contributed by atoms with Crippen molar-refractivity contribution in [3.05, 3.63) is 24.3 Å². The highest BCUT2D eigenvalue weighted by Gasteiger charge is 2.44. The van der Waals surface area contributed by atoms with Crippen molar-refractivity contribution >= 4 is 23.2 Å². The average Bonchev–Trinajstić information content (AvgIpc) is 2.37. The minimum atomic E-state index is -2.15. The molecule has 0 saturated heterocycles. The van der Waals surface area contributed by atoms with Crippen LogP contribution in [0.25, 0.3) is 0 Å². The molecular weight excluding hydrogens is 248 g/mol. The van der Waals surface area contributed by atoms with Crippen LogP contribution in [-0.4, -0.2) is 30.1 Å². The van der Waals surface area contributed by atoms with Crippen LogP contribution in [0.5, 0.6) is 5.75 Å². The number of nitrogens with two attached hydrogens (primary N) is 1. The number of hydrogen-bond acceptors (Lipinski definition) is 5. The Morgan fingerprint density at radius 1 is 1.11 bits per heavy atom. The molecule has 0 aliphatic heterocycles. The highest BCUT2D eigenvalue weighted by atomic mass is 16.5. The first-order chi connectivity index (χ1) is 8.82. The summed E-state index contributed by atoms with van der Waals surface area (Å²) in [5, 5.41) is 2.44. The van der Waals surface area contributed by atoms with Crippen molar-refractivity contribution in [2.75, 3.05) is 12.4 Å². The van der Waals surface area contributed by atoms with Crippen LogP contribution in [0, 0.1) is 0 Å². The van der Waals surface area contributed by atoms with Gasteiger partial charge in [-0.15, -0.1) is 0 Å². The summed E-state index contributed by atoms with van der Waals surface area (Å²) in [5.74, 6) is -1.63. The molecule has 6 nitrogen and oxygen atoms in total. The topological polar surface area (TPSA) is 98.5 Å². The van der Waals surface area contributed by atoms with Crippen LogP contribution in [0.2, 0.25) is 0 Å². The Bertz CT molecular complexity index is 494. The number of rotatable bonds is 5. The van der Waals surface area contributed by atoms with E-state index in [1.165, 1.54) is 7.11 Å². The zero-order chi connectivity index (χ0) is 14.6. The van der Waals surface area contributed by atoms with Crippen LogP contribution >= 0.6 is 0 Å². The first-order valence-electron chi connectivity index (χ1n) is 5.58. The molecule has 0 aromatic heterocycles. The molecule has 0 aliphatic carbocycles. The Morgan fingerprint density at radius 2 is 1.58 bits per heavy atom. The maximum atomic E-state index is 12.0. The van der Waals surface area contributed by atoms with Crippen LogP contribution in [0.15, 0.2) is 24.3 Å². The van der Waals surface area contributed by atoms with E-state index in [1.54, 1.807) is 24.3 Å². The van der Waals surface area contributed by atoms with E-state index in [4.69, 9.17) is 10.5 Å². The Hall–Kier alpha value is -2.21. The second-order valence-corrected chi connectivity index (χ2v) is 4.10. The van der Waals surface area contributed by atoms with Crippen molar-refractivity contribution in [3.63, 3.8) is 0 Å². The van der Waals surface area contributed by atoms with E-state index in [1.807, 2.05) is 0 Å². The summed E-state index contributed by atoms with van der Waals surface area (Å²) in [4.78, 5) is 34.8.